The predicted molar refractivity (Wildman–Crippen MR) is 205 cm³/mol. The maximum absolute atomic E-state index is 13.0. The minimum atomic E-state index is -5.10. The van der Waals surface area contributed by atoms with Crippen molar-refractivity contribution in [3.8, 4) is 0 Å². The molecule has 0 aromatic heterocycles. The molecule has 0 aromatic rings. The molecule has 0 bridgehead atoms. The first-order valence-electron chi connectivity index (χ1n) is 20.7. The van der Waals surface area contributed by atoms with Crippen LogP contribution < -0.4 is 5.32 Å². The van der Waals surface area contributed by atoms with E-state index < -0.39 is 78.5 Å². The summed E-state index contributed by atoms with van der Waals surface area (Å²) in [6, 6.07) is -1.03. The van der Waals surface area contributed by atoms with Gasteiger partial charge < -0.3 is 40.3 Å². The Labute approximate surface area is 320 Å². The fraction of sp³-hybridized carbons (Fsp3) is 0.923. The van der Waals surface area contributed by atoms with Crippen LogP contribution >= 0.6 is 0 Å². The van der Waals surface area contributed by atoms with Crippen LogP contribution in [-0.2, 0) is 28.9 Å². The molecule has 0 aliphatic carbocycles. The summed E-state index contributed by atoms with van der Waals surface area (Å²) in [5.74, 6) is -0.682. The highest BCUT2D eigenvalue weighted by Gasteiger charge is 2.48. The normalized spacial score (nSPS) is 22.6. The standard InChI is InChI=1S/C39H75NO12S/c1-3-5-7-9-11-12-13-14-15-16-17-18-19-20-22-24-26-28-33(43)38(46)40-31(32(42)27-25-23-21-10-8-6-4-2)30-50-39-36(45)37(52-53(47,48)49)35(44)34(29-41)51-39/h17-18,31-37,39,41-45H,3-16,19-30H2,1-2H3,(H,40,46)(H,47,48,49)/b18-17-. The van der Waals surface area contributed by atoms with E-state index in [0.29, 0.717) is 19.3 Å². The van der Waals surface area contributed by atoms with Crippen molar-refractivity contribution in [2.75, 3.05) is 13.2 Å². The van der Waals surface area contributed by atoms with E-state index in [1.165, 1.54) is 64.2 Å². The third-order valence-corrected chi connectivity index (χ3v) is 10.4. The number of allylic oxidation sites excluding steroid dienone is 2. The van der Waals surface area contributed by atoms with E-state index in [4.69, 9.17) is 14.0 Å². The van der Waals surface area contributed by atoms with E-state index in [9.17, 15) is 38.7 Å². The van der Waals surface area contributed by atoms with E-state index in [2.05, 4.69) is 35.5 Å². The van der Waals surface area contributed by atoms with Gasteiger partial charge in [0.15, 0.2) is 6.29 Å². The van der Waals surface area contributed by atoms with E-state index >= 15 is 0 Å². The first-order chi connectivity index (χ1) is 25.4. The molecule has 7 N–H and O–H groups in total. The average molecular weight is 782 g/mol. The zero-order valence-electron chi connectivity index (χ0n) is 32.7. The Morgan fingerprint density at radius 1 is 0.736 bits per heavy atom. The Morgan fingerprint density at radius 3 is 1.70 bits per heavy atom. The summed E-state index contributed by atoms with van der Waals surface area (Å²) in [4.78, 5) is 13.0. The lowest BCUT2D eigenvalue weighted by molar-refractivity contribution is -0.298. The van der Waals surface area contributed by atoms with Crippen LogP contribution in [0, 0.1) is 0 Å². The van der Waals surface area contributed by atoms with Gasteiger partial charge >= 0.3 is 10.4 Å². The smallest absolute Gasteiger partial charge is 0.394 e. The molecule has 8 atom stereocenters. The first-order valence-corrected chi connectivity index (χ1v) is 22.0. The van der Waals surface area contributed by atoms with E-state index in [1.54, 1.807) is 0 Å². The summed E-state index contributed by atoms with van der Waals surface area (Å²) >= 11 is 0. The van der Waals surface area contributed by atoms with Gasteiger partial charge in [-0.05, 0) is 38.5 Å². The molecule has 314 valence electrons. The van der Waals surface area contributed by atoms with Crippen molar-refractivity contribution in [3.05, 3.63) is 12.2 Å². The fourth-order valence-electron chi connectivity index (χ4n) is 6.58. The quantitative estimate of drug-likeness (QED) is 0.0235. The highest BCUT2D eigenvalue weighted by atomic mass is 32.3. The lowest BCUT2D eigenvalue weighted by Gasteiger charge is -2.41. The number of rotatable bonds is 34. The van der Waals surface area contributed by atoms with Crippen molar-refractivity contribution in [2.24, 2.45) is 0 Å². The lowest BCUT2D eigenvalue weighted by Crippen LogP contribution is -2.61. The van der Waals surface area contributed by atoms with Crippen molar-refractivity contribution < 1.29 is 57.0 Å². The van der Waals surface area contributed by atoms with Crippen molar-refractivity contribution in [2.45, 2.75) is 217 Å². The summed E-state index contributed by atoms with van der Waals surface area (Å²) in [5.41, 5.74) is 0. The largest absolute Gasteiger partial charge is 0.397 e. The molecular formula is C39H75NO12S. The summed E-state index contributed by atoms with van der Waals surface area (Å²) in [6.07, 6.45) is 18.7. The van der Waals surface area contributed by atoms with Gasteiger partial charge in [-0.15, -0.1) is 0 Å². The molecule has 1 aliphatic rings. The topological polar surface area (TPSA) is 212 Å². The summed E-state index contributed by atoms with van der Waals surface area (Å²) in [7, 11) is -5.10. The summed E-state index contributed by atoms with van der Waals surface area (Å²) in [5, 5.41) is 54.9. The second kappa shape index (κ2) is 31.0. The third kappa shape index (κ3) is 24.1. The SMILES string of the molecule is CCCCCCCCCCC/C=C\CCCCCCC(O)C(=O)NC(COC1OC(CO)C(O)C(OS(=O)(=O)O)C1O)C(O)CCCCCCCCC. The van der Waals surface area contributed by atoms with Gasteiger partial charge in [-0.25, -0.2) is 4.18 Å². The number of unbranched alkanes of at least 4 members (excludes halogenated alkanes) is 19. The van der Waals surface area contributed by atoms with Crippen LogP contribution in [0.2, 0.25) is 0 Å². The molecule has 13 nitrogen and oxygen atoms in total. The number of ether oxygens (including phenoxy) is 2. The first kappa shape index (κ1) is 49.8. The molecule has 0 aromatic carbocycles. The van der Waals surface area contributed by atoms with Crippen LogP contribution in [-0.4, -0.2) is 107 Å². The van der Waals surface area contributed by atoms with Crippen molar-refractivity contribution >= 4 is 16.3 Å². The number of hydrogen-bond donors (Lipinski definition) is 7. The fourth-order valence-corrected chi connectivity index (χ4v) is 7.08. The van der Waals surface area contributed by atoms with Gasteiger partial charge in [0.25, 0.3) is 0 Å². The van der Waals surface area contributed by atoms with Gasteiger partial charge in [-0.3, -0.25) is 9.35 Å². The Bertz CT molecular complexity index is 1030. The Kier molecular flexibility index (Phi) is 29.1. The number of carbonyl (C=O) groups excluding carboxylic acids is 1. The number of aliphatic hydroxyl groups is 5. The molecule has 1 heterocycles. The monoisotopic (exact) mass is 782 g/mol. The third-order valence-electron chi connectivity index (χ3n) is 9.93. The van der Waals surface area contributed by atoms with Crippen LogP contribution in [0.25, 0.3) is 0 Å². The summed E-state index contributed by atoms with van der Waals surface area (Å²) in [6.45, 7) is 3.18. The zero-order valence-corrected chi connectivity index (χ0v) is 33.5. The van der Waals surface area contributed by atoms with Gasteiger partial charge in [0, 0.05) is 0 Å². The number of hydrogen-bond acceptors (Lipinski definition) is 11. The molecule has 0 radical (unpaired) electrons. The van der Waals surface area contributed by atoms with E-state index in [1.807, 2.05) is 0 Å². The maximum atomic E-state index is 13.0. The molecule has 1 aliphatic heterocycles. The number of nitrogens with one attached hydrogen (secondary N) is 1. The van der Waals surface area contributed by atoms with Crippen molar-refractivity contribution in [3.63, 3.8) is 0 Å². The molecular weight excluding hydrogens is 706 g/mol. The van der Waals surface area contributed by atoms with E-state index in [0.717, 1.165) is 64.2 Å². The Balaban J connectivity index is 2.54. The van der Waals surface area contributed by atoms with Crippen LogP contribution in [0.5, 0.6) is 0 Å². The van der Waals surface area contributed by atoms with Gasteiger partial charge in [0.05, 0.1) is 25.4 Å². The predicted octanol–water partition coefficient (Wildman–Crippen LogP) is 5.80. The number of amides is 1. The Morgan fingerprint density at radius 2 is 1.21 bits per heavy atom. The maximum Gasteiger partial charge on any atom is 0.397 e. The molecule has 1 amide bonds. The highest BCUT2D eigenvalue weighted by molar-refractivity contribution is 7.80. The minimum absolute atomic E-state index is 0.247. The van der Waals surface area contributed by atoms with E-state index in [-0.39, 0.29) is 6.42 Å². The number of aliphatic hydroxyl groups excluding tert-OH is 5. The lowest BCUT2D eigenvalue weighted by atomic mass is 9.99. The van der Waals surface area contributed by atoms with Gasteiger partial charge in [-0.2, -0.15) is 8.42 Å². The molecule has 1 rings (SSSR count). The van der Waals surface area contributed by atoms with Crippen molar-refractivity contribution in [1.29, 1.82) is 0 Å². The minimum Gasteiger partial charge on any atom is -0.394 e. The second-order valence-corrected chi connectivity index (χ2v) is 15.8. The molecule has 8 unspecified atom stereocenters. The van der Waals surface area contributed by atoms with Crippen molar-refractivity contribution in [1.82, 2.24) is 5.32 Å². The number of carbonyl (C=O) groups is 1. The summed E-state index contributed by atoms with van der Waals surface area (Å²) < 4.78 is 47.2. The Hall–Kier alpha value is -1.20. The van der Waals surface area contributed by atoms with Gasteiger partial charge in [0.2, 0.25) is 5.91 Å². The molecule has 53 heavy (non-hydrogen) atoms. The average Bonchev–Trinajstić information content (AvgIpc) is 3.12. The molecule has 14 heteroatoms. The van der Waals surface area contributed by atoms with Crippen LogP contribution in [0.1, 0.15) is 168 Å². The molecule has 0 saturated carbocycles. The van der Waals surface area contributed by atoms with Crippen LogP contribution in [0.4, 0.5) is 0 Å². The highest BCUT2D eigenvalue weighted by Crippen LogP contribution is 2.26. The molecule has 1 fully saturated rings. The zero-order chi connectivity index (χ0) is 39.3. The second-order valence-electron chi connectivity index (χ2n) is 14.7. The molecule has 0 spiro atoms. The van der Waals surface area contributed by atoms with Gasteiger partial charge in [-0.1, -0.05) is 142 Å². The molecule has 1 saturated heterocycles. The van der Waals surface area contributed by atoms with Gasteiger partial charge in [0.1, 0.15) is 30.5 Å². The van der Waals surface area contributed by atoms with Crippen LogP contribution in [0.15, 0.2) is 12.2 Å². The van der Waals surface area contributed by atoms with Crippen LogP contribution in [0.3, 0.4) is 0 Å².